The number of carbonyl (C=O) groups is 2. The van der Waals surface area contributed by atoms with Crippen LogP contribution in [0.15, 0.2) is 0 Å². The van der Waals surface area contributed by atoms with E-state index < -0.39 is 17.9 Å². The van der Waals surface area contributed by atoms with Crippen molar-refractivity contribution >= 4 is 11.9 Å². The van der Waals surface area contributed by atoms with Crippen molar-refractivity contribution in [3.63, 3.8) is 0 Å². The van der Waals surface area contributed by atoms with Crippen molar-refractivity contribution in [2.75, 3.05) is 6.54 Å². The number of primary amides is 1. The van der Waals surface area contributed by atoms with Crippen molar-refractivity contribution in [3.05, 3.63) is 0 Å². The van der Waals surface area contributed by atoms with Crippen LogP contribution in [0.1, 0.15) is 32.6 Å². The Morgan fingerprint density at radius 2 is 2.27 bits per heavy atom. The Morgan fingerprint density at radius 3 is 2.67 bits per heavy atom. The van der Waals surface area contributed by atoms with E-state index >= 15 is 0 Å². The number of amides is 1. The first kappa shape index (κ1) is 12.0. The molecule has 5 nitrogen and oxygen atoms in total. The summed E-state index contributed by atoms with van der Waals surface area (Å²) in [4.78, 5) is 23.6. The molecule has 2 atom stereocenters. The maximum atomic E-state index is 11.1. The van der Waals surface area contributed by atoms with E-state index in [1.165, 1.54) is 0 Å². The predicted molar refractivity (Wildman–Crippen MR) is 55.3 cm³/mol. The summed E-state index contributed by atoms with van der Waals surface area (Å²) < 4.78 is 0. The zero-order chi connectivity index (χ0) is 11.4. The van der Waals surface area contributed by atoms with Gasteiger partial charge in [-0.05, 0) is 32.7 Å². The molecule has 3 N–H and O–H groups in total. The summed E-state index contributed by atoms with van der Waals surface area (Å²) in [6.45, 7) is 2.82. The third kappa shape index (κ3) is 3.20. The van der Waals surface area contributed by atoms with Crippen LogP contribution < -0.4 is 5.73 Å². The van der Waals surface area contributed by atoms with Crippen LogP contribution in [0.25, 0.3) is 0 Å². The number of likely N-dealkylation sites (tertiary alicyclic amines) is 1. The van der Waals surface area contributed by atoms with E-state index in [2.05, 4.69) is 0 Å². The fraction of sp³-hybridized carbons (Fsp3) is 0.800. The smallest absolute Gasteiger partial charge is 0.320 e. The van der Waals surface area contributed by atoms with Crippen LogP contribution in [0, 0.1) is 0 Å². The number of carboxylic acid groups (broad SMARTS) is 1. The molecule has 0 aromatic carbocycles. The van der Waals surface area contributed by atoms with Gasteiger partial charge in [-0.25, -0.2) is 0 Å². The molecule has 0 bridgehead atoms. The SMILES string of the molecule is CC1CCCN1C(CCC(N)=O)C(=O)O. The van der Waals surface area contributed by atoms with Gasteiger partial charge in [-0.2, -0.15) is 0 Å². The minimum absolute atomic E-state index is 0.139. The second-order valence-corrected chi connectivity index (χ2v) is 4.09. The molecular weight excluding hydrogens is 196 g/mol. The fourth-order valence-electron chi connectivity index (χ4n) is 2.13. The zero-order valence-corrected chi connectivity index (χ0v) is 8.98. The molecule has 1 aliphatic rings. The first-order chi connectivity index (χ1) is 7.02. The first-order valence-electron chi connectivity index (χ1n) is 5.29. The molecule has 86 valence electrons. The molecule has 2 unspecified atom stereocenters. The highest BCUT2D eigenvalue weighted by Crippen LogP contribution is 2.21. The summed E-state index contributed by atoms with van der Waals surface area (Å²) in [6, 6.07) is -0.269. The standard InChI is InChI=1S/C10H18N2O3/c1-7-3-2-6-12(7)8(10(14)15)4-5-9(11)13/h7-8H,2-6H2,1H3,(H2,11,13)(H,14,15). The molecule has 0 saturated carbocycles. The van der Waals surface area contributed by atoms with Crippen molar-refractivity contribution < 1.29 is 14.7 Å². The topological polar surface area (TPSA) is 83.6 Å². The van der Waals surface area contributed by atoms with Crippen LogP contribution in [0.4, 0.5) is 0 Å². The summed E-state index contributed by atoms with van der Waals surface area (Å²) >= 11 is 0. The van der Waals surface area contributed by atoms with Crippen LogP contribution in [-0.2, 0) is 9.59 Å². The van der Waals surface area contributed by atoms with Gasteiger partial charge in [0.25, 0.3) is 0 Å². The van der Waals surface area contributed by atoms with Gasteiger partial charge in [0, 0.05) is 12.5 Å². The lowest BCUT2D eigenvalue weighted by molar-refractivity contribution is -0.144. The van der Waals surface area contributed by atoms with Crippen LogP contribution in [0.5, 0.6) is 0 Å². The van der Waals surface area contributed by atoms with E-state index in [9.17, 15) is 9.59 Å². The molecule has 1 heterocycles. The molecule has 0 aliphatic carbocycles. The Bertz CT molecular complexity index is 255. The minimum Gasteiger partial charge on any atom is -0.480 e. The van der Waals surface area contributed by atoms with Gasteiger partial charge in [0.2, 0.25) is 5.91 Å². The Hall–Kier alpha value is -1.10. The van der Waals surface area contributed by atoms with Crippen molar-refractivity contribution in [3.8, 4) is 0 Å². The maximum Gasteiger partial charge on any atom is 0.320 e. The maximum absolute atomic E-state index is 11.1. The van der Waals surface area contributed by atoms with E-state index in [0.29, 0.717) is 12.5 Å². The van der Waals surface area contributed by atoms with Gasteiger partial charge < -0.3 is 10.8 Å². The zero-order valence-electron chi connectivity index (χ0n) is 8.98. The van der Waals surface area contributed by atoms with Crippen LogP contribution in [-0.4, -0.2) is 40.5 Å². The Balaban J connectivity index is 2.56. The number of carbonyl (C=O) groups excluding carboxylic acids is 1. The average Bonchev–Trinajstić information content (AvgIpc) is 2.51. The van der Waals surface area contributed by atoms with Gasteiger partial charge in [0.1, 0.15) is 6.04 Å². The number of aliphatic carboxylic acids is 1. The van der Waals surface area contributed by atoms with E-state index in [1.54, 1.807) is 0 Å². The molecule has 5 heteroatoms. The van der Waals surface area contributed by atoms with Crippen molar-refractivity contribution in [2.45, 2.75) is 44.7 Å². The van der Waals surface area contributed by atoms with Crippen molar-refractivity contribution in [1.29, 1.82) is 0 Å². The largest absolute Gasteiger partial charge is 0.480 e. The number of rotatable bonds is 5. The number of carboxylic acids is 1. The lowest BCUT2D eigenvalue weighted by Gasteiger charge is -2.27. The van der Waals surface area contributed by atoms with Gasteiger partial charge in [-0.3, -0.25) is 14.5 Å². The lowest BCUT2D eigenvalue weighted by atomic mass is 10.1. The quantitative estimate of drug-likeness (QED) is 0.684. The van der Waals surface area contributed by atoms with E-state index in [-0.39, 0.29) is 6.42 Å². The molecule has 0 aromatic rings. The molecular formula is C10H18N2O3. The van der Waals surface area contributed by atoms with Crippen molar-refractivity contribution in [1.82, 2.24) is 4.90 Å². The van der Waals surface area contributed by atoms with Crippen LogP contribution >= 0.6 is 0 Å². The molecule has 0 spiro atoms. The number of nitrogens with zero attached hydrogens (tertiary/aromatic N) is 1. The molecule has 0 aromatic heterocycles. The highest BCUT2D eigenvalue weighted by atomic mass is 16.4. The molecule has 1 rings (SSSR count). The summed E-state index contributed by atoms with van der Waals surface area (Å²) in [7, 11) is 0. The highest BCUT2D eigenvalue weighted by Gasteiger charge is 2.32. The number of hydrogen-bond acceptors (Lipinski definition) is 3. The molecule has 15 heavy (non-hydrogen) atoms. The Labute approximate surface area is 89.2 Å². The summed E-state index contributed by atoms with van der Waals surface area (Å²) in [5.41, 5.74) is 5.02. The third-order valence-corrected chi connectivity index (χ3v) is 2.95. The molecule has 1 amide bonds. The second kappa shape index (κ2) is 5.11. The first-order valence-corrected chi connectivity index (χ1v) is 5.29. The van der Waals surface area contributed by atoms with Crippen LogP contribution in [0.2, 0.25) is 0 Å². The molecule has 1 fully saturated rings. The summed E-state index contributed by atoms with van der Waals surface area (Å²) in [5.74, 6) is -1.29. The monoisotopic (exact) mass is 214 g/mol. The van der Waals surface area contributed by atoms with E-state index in [4.69, 9.17) is 10.8 Å². The lowest BCUT2D eigenvalue weighted by Crippen LogP contribution is -2.43. The van der Waals surface area contributed by atoms with Gasteiger partial charge in [-0.15, -0.1) is 0 Å². The molecule has 0 radical (unpaired) electrons. The average molecular weight is 214 g/mol. The second-order valence-electron chi connectivity index (χ2n) is 4.09. The Kier molecular flexibility index (Phi) is 4.08. The predicted octanol–water partition coefficient (Wildman–Crippen LogP) is 0.189. The van der Waals surface area contributed by atoms with E-state index in [1.807, 2.05) is 11.8 Å². The van der Waals surface area contributed by atoms with Crippen molar-refractivity contribution in [2.24, 2.45) is 5.73 Å². The molecule has 1 saturated heterocycles. The minimum atomic E-state index is -0.856. The van der Waals surface area contributed by atoms with Gasteiger partial charge in [0.05, 0.1) is 0 Å². The summed E-state index contributed by atoms with van der Waals surface area (Å²) in [6.07, 6.45) is 2.51. The van der Waals surface area contributed by atoms with E-state index in [0.717, 1.165) is 19.4 Å². The van der Waals surface area contributed by atoms with Gasteiger partial charge in [-0.1, -0.05) is 0 Å². The Morgan fingerprint density at radius 1 is 1.60 bits per heavy atom. The number of hydrogen-bond donors (Lipinski definition) is 2. The van der Waals surface area contributed by atoms with Crippen LogP contribution in [0.3, 0.4) is 0 Å². The molecule has 1 aliphatic heterocycles. The van der Waals surface area contributed by atoms with Gasteiger partial charge in [0.15, 0.2) is 0 Å². The van der Waals surface area contributed by atoms with Gasteiger partial charge >= 0.3 is 5.97 Å². The normalized spacial score (nSPS) is 23.9. The highest BCUT2D eigenvalue weighted by molar-refractivity contribution is 5.77. The number of nitrogens with two attached hydrogens (primary N) is 1. The third-order valence-electron chi connectivity index (χ3n) is 2.95. The fourth-order valence-corrected chi connectivity index (χ4v) is 2.13. The summed E-state index contributed by atoms with van der Waals surface area (Å²) in [5, 5.41) is 9.07.